The maximum absolute atomic E-state index is 5.51. The summed E-state index contributed by atoms with van der Waals surface area (Å²) in [7, 11) is 1.99. The van der Waals surface area contributed by atoms with Gasteiger partial charge in [0.2, 0.25) is 0 Å². The van der Waals surface area contributed by atoms with Gasteiger partial charge in [0.05, 0.1) is 0 Å². The van der Waals surface area contributed by atoms with E-state index in [2.05, 4.69) is 46.9 Å². The highest BCUT2D eigenvalue weighted by Gasteiger charge is 2.00. The molecule has 2 nitrogen and oxygen atoms in total. The third kappa shape index (κ3) is 5.89. The van der Waals surface area contributed by atoms with E-state index in [-0.39, 0.29) is 0 Å². The van der Waals surface area contributed by atoms with Gasteiger partial charge in [-0.1, -0.05) is 34.6 Å². The molecular formula is C14H20BrNO. The summed E-state index contributed by atoms with van der Waals surface area (Å²) in [5.41, 5.74) is 1.34. The third-order valence-electron chi connectivity index (χ3n) is 2.68. The van der Waals surface area contributed by atoms with Gasteiger partial charge in [0.1, 0.15) is 12.4 Å². The van der Waals surface area contributed by atoms with Crippen LogP contribution in [0.15, 0.2) is 35.3 Å². The summed E-state index contributed by atoms with van der Waals surface area (Å²) in [5.74, 6) is 0.885. The Morgan fingerprint density at radius 1 is 1.41 bits per heavy atom. The lowest BCUT2D eigenvalue weighted by atomic mass is 10.1. The fourth-order valence-electron chi connectivity index (χ4n) is 1.44. The molecule has 0 aliphatic rings. The van der Waals surface area contributed by atoms with Gasteiger partial charge < -0.3 is 10.1 Å². The molecule has 0 amide bonds. The highest BCUT2D eigenvalue weighted by molar-refractivity contribution is 9.11. The Hall–Kier alpha value is -0.800. The van der Waals surface area contributed by atoms with Crippen molar-refractivity contribution in [2.45, 2.75) is 25.8 Å². The number of ether oxygens (including phenoxy) is 1. The van der Waals surface area contributed by atoms with Crippen molar-refractivity contribution in [3.63, 3.8) is 0 Å². The van der Waals surface area contributed by atoms with Crippen molar-refractivity contribution in [2.24, 2.45) is 0 Å². The normalized spacial score (nSPS) is 12.2. The van der Waals surface area contributed by atoms with E-state index in [0.29, 0.717) is 12.6 Å². The molecule has 1 aromatic rings. The smallest absolute Gasteiger partial charge is 0.119 e. The topological polar surface area (TPSA) is 21.3 Å². The van der Waals surface area contributed by atoms with Crippen LogP contribution in [0.1, 0.15) is 18.9 Å². The number of benzene rings is 1. The molecule has 0 aliphatic heterocycles. The summed E-state index contributed by atoms with van der Waals surface area (Å²) in [4.78, 5) is 0. The van der Waals surface area contributed by atoms with Gasteiger partial charge in [-0.25, -0.2) is 0 Å². The van der Waals surface area contributed by atoms with Crippen LogP contribution in [0.4, 0.5) is 0 Å². The Balaban J connectivity index is 2.41. The summed E-state index contributed by atoms with van der Waals surface area (Å²) in [6.07, 6.45) is 2.24. The molecule has 1 unspecified atom stereocenters. The molecule has 3 heteroatoms. The fraction of sp³-hybridized carbons (Fsp3) is 0.429. The Bertz CT molecular complexity index is 348. The van der Waals surface area contributed by atoms with E-state index in [1.165, 1.54) is 5.56 Å². The van der Waals surface area contributed by atoms with E-state index in [9.17, 15) is 0 Å². The number of aryl methyl sites for hydroxylation is 1. The summed E-state index contributed by atoms with van der Waals surface area (Å²) in [6.45, 7) is 6.43. The first-order chi connectivity index (χ1) is 8.11. The molecule has 1 aromatic carbocycles. The second kappa shape index (κ2) is 7.51. The number of halogens is 1. The van der Waals surface area contributed by atoms with Crippen LogP contribution >= 0.6 is 15.9 Å². The van der Waals surface area contributed by atoms with E-state index in [1.807, 2.05) is 19.2 Å². The van der Waals surface area contributed by atoms with Crippen molar-refractivity contribution in [2.75, 3.05) is 13.7 Å². The molecule has 1 rings (SSSR count). The molecule has 0 radical (unpaired) electrons. The van der Waals surface area contributed by atoms with E-state index < -0.39 is 0 Å². The van der Waals surface area contributed by atoms with Crippen LogP contribution in [-0.4, -0.2) is 19.7 Å². The van der Waals surface area contributed by atoms with Crippen LogP contribution in [0.25, 0.3) is 0 Å². The minimum absolute atomic E-state index is 0.510. The first-order valence-electron chi connectivity index (χ1n) is 5.84. The highest BCUT2D eigenvalue weighted by atomic mass is 79.9. The van der Waals surface area contributed by atoms with Crippen LogP contribution in [0.3, 0.4) is 0 Å². The molecule has 0 heterocycles. The molecule has 0 spiro atoms. The van der Waals surface area contributed by atoms with Gasteiger partial charge in [0.15, 0.2) is 0 Å². The Labute approximate surface area is 112 Å². The maximum Gasteiger partial charge on any atom is 0.119 e. The fourth-order valence-corrected chi connectivity index (χ4v) is 1.56. The standard InChI is InChI=1S/C14H20BrNO/c1-11(15)10-17-14-8-6-13(7-9-14)5-4-12(2)16-3/h6-9,12,16H,1,4-5,10H2,2-3H3. The van der Waals surface area contributed by atoms with Crippen LogP contribution < -0.4 is 10.1 Å². The van der Waals surface area contributed by atoms with E-state index in [4.69, 9.17) is 4.74 Å². The van der Waals surface area contributed by atoms with E-state index in [0.717, 1.165) is 23.1 Å². The van der Waals surface area contributed by atoms with Crippen LogP contribution in [0.5, 0.6) is 5.75 Å². The second-order valence-corrected chi connectivity index (χ2v) is 5.30. The molecule has 0 fully saturated rings. The molecule has 0 saturated carbocycles. The van der Waals surface area contributed by atoms with Crippen molar-refractivity contribution in [1.29, 1.82) is 0 Å². The largest absolute Gasteiger partial charge is 0.488 e. The molecule has 17 heavy (non-hydrogen) atoms. The van der Waals surface area contributed by atoms with Crippen LogP contribution in [-0.2, 0) is 6.42 Å². The number of hydrogen-bond acceptors (Lipinski definition) is 2. The van der Waals surface area contributed by atoms with Gasteiger partial charge >= 0.3 is 0 Å². The SMILES string of the molecule is C=C(Br)COc1ccc(CCC(C)NC)cc1. The zero-order valence-electron chi connectivity index (χ0n) is 10.5. The average Bonchev–Trinajstić information content (AvgIpc) is 2.34. The van der Waals surface area contributed by atoms with Crippen molar-refractivity contribution < 1.29 is 4.74 Å². The quantitative estimate of drug-likeness (QED) is 0.831. The molecule has 0 aromatic heterocycles. The molecular weight excluding hydrogens is 278 g/mol. The monoisotopic (exact) mass is 297 g/mol. The first kappa shape index (κ1) is 14.3. The lowest BCUT2D eigenvalue weighted by Gasteiger charge is -2.10. The third-order valence-corrected chi connectivity index (χ3v) is 2.91. The van der Waals surface area contributed by atoms with Crippen LogP contribution in [0.2, 0.25) is 0 Å². The summed E-state index contributed by atoms with van der Waals surface area (Å²) >= 11 is 3.27. The lowest BCUT2D eigenvalue weighted by molar-refractivity contribution is 0.361. The zero-order chi connectivity index (χ0) is 12.7. The molecule has 94 valence electrons. The predicted molar refractivity (Wildman–Crippen MR) is 76.8 cm³/mol. The Morgan fingerprint density at radius 2 is 2.06 bits per heavy atom. The zero-order valence-corrected chi connectivity index (χ0v) is 12.1. The van der Waals surface area contributed by atoms with Crippen molar-refractivity contribution in [3.05, 3.63) is 40.9 Å². The number of hydrogen-bond donors (Lipinski definition) is 1. The average molecular weight is 298 g/mol. The summed E-state index contributed by atoms with van der Waals surface area (Å²) < 4.78 is 6.36. The second-order valence-electron chi connectivity index (χ2n) is 4.18. The van der Waals surface area contributed by atoms with Gasteiger partial charge in [-0.3, -0.25) is 0 Å². The van der Waals surface area contributed by atoms with Gasteiger partial charge in [-0.15, -0.1) is 0 Å². The van der Waals surface area contributed by atoms with Gasteiger partial charge in [-0.2, -0.15) is 0 Å². The van der Waals surface area contributed by atoms with Gasteiger partial charge in [0, 0.05) is 10.5 Å². The Kier molecular flexibility index (Phi) is 6.30. The predicted octanol–water partition coefficient (Wildman–Crippen LogP) is 3.51. The Morgan fingerprint density at radius 3 is 2.59 bits per heavy atom. The number of nitrogens with one attached hydrogen (secondary N) is 1. The van der Waals surface area contributed by atoms with Crippen molar-refractivity contribution in [3.8, 4) is 5.75 Å². The molecule has 1 N–H and O–H groups in total. The summed E-state index contributed by atoms with van der Waals surface area (Å²) in [6, 6.07) is 8.82. The van der Waals surface area contributed by atoms with Crippen LogP contribution in [0, 0.1) is 0 Å². The van der Waals surface area contributed by atoms with E-state index in [1.54, 1.807) is 0 Å². The first-order valence-corrected chi connectivity index (χ1v) is 6.63. The molecule has 0 aliphatic carbocycles. The molecule has 1 atom stereocenters. The lowest BCUT2D eigenvalue weighted by Crippen LogP contribution is -2.21. The molecule has 0 saturated heterocycles. The minimum Gasteiger partial charge on any atom is -0.488 e. The van der Waals surface area contributed by atoms with Crippen molar-refractivity contribution in [1.82, 2.24) is 5.32 Å². The summed E-state index contributed by atoms with van der Waals surface area (Å²) in [5, 5.41) is 3.24. The minimum atomic E-state index is 0.510. The maximum atomic E-state index is 5.51. The van der Waals surface area contributed by atoms with Gasteiger partial charge in [0.25, 0.3) is 0 Å². The molecule has 0 bridgehead atoms. The van der Waals surface area contributed by atoms with Gasteiger partial charge in [-0.05, 0) is 44.5 Å². The highest BCUT2D eigenvalue weighted by Crippen LogP contribution is 2.15. The number of rotatable bonds is 7. The van der Waals surface area contributed by atoms with Crippen molar-refractivity contribution >= 4 is 15.9 Å². The van der Waals surface area contributed by atoms with E-state index >= 15 is 0 Å².